The Morgan fingerprint density at radius 1 is 0.900 bits per heavy atom. The van der Waals surface area contributed by atoms with E-state index < -0.39 is 0 Å². The molecule has 20 heavy (non-hydrogen) atoms. The van der Waals surface area contributed by atoms with Crippen molar-refractivity contribution in [2.75, 3.05) is 19.8 Å². The van der Waals surface area contributed by atoms with E-state index >= 15 is 0 Å². The van der Waals surface area contributed by atoms with Gasteiger partial charge >= 0.3 is 0 Å². The topological polar surface area (TPSA) is 21.3 Å². The van der Waals surface area contributed by atoms with Crippen molar-refractivity contribution in [1.29, 1.82) is 0 Å². The maximum Gasteiger partial charge on any atom is 0.0469 e. The van der Waals surface area contributed by atoms with Gasteiger partial charge < -0.3 is 10.1 Å². The van der Waals surface area contributed by atoms with E-state index in [4.69, 9.17) is 4.74 Å². The zero-order chi connectivity index (χ0) is 14.4. The molecule has 2 fully saturated rings. The summed E-state index contributed by atoms with van der Waals surface area (Å²) in [6, 6.07) is 0.756. The molecule has 1 saturated carbocycles. The van der Waals surface area contributed by atoms with Crippen LogP contribution in [-0.2, 0) is 4.74 Å². The second-order valence-electron chi connectivity index (χ2n) is 7.35. The first-order chi connectivity index (χ1) is 9.72. The minimum atomic E-state index is 0.756. The highest BCUT2D eigenvalue weighted by atomic mass is 16.5. The Morgan fingerprint density at radius 2 is 1.45 bits per heavy atom. The third-order valence-corrected chi connectivity index (χ3v) is 5.67. The number of ether oxygens (including phenoxy) is 1. The fourth-order valence-corrected chi connectivity index (χ4v) is 4.27. The van der Waals surface area contributed by atoms with Gasteiger partial charge in [-0.25, -0.2) is 0 Å². The van der Waals surface area contributed by atoms with E-state index in [-0.39, 0.29) is 0 Å². The standard InChI is InChI=1S/C18H35NO/c1-4-11-19-18(17-9-12-20-13-10-17)16-7-5-15(6-8-16)14(2)3/h14-19H,4-13H2,1-3H3. The number of rotatable bonds is 6. The normalized spacial score (nSPS) is 30.6. The minimum Gasteiger partial charge on any atom is -0.381 e. The number of hydrogen-bond acceptors (Lipinski definition) is 2. The molecule has 2 nitrogen and oxygen atoms in total. The molecule has 0 radical (unpaired) electrons. The van der Waals surface area contributed by atoms with E-state index in [1.165, 1.54) is 51.5 Å². The molecule has 0 spiro atoms. The molecule has 0 bridgehead atoms. The molecule has 1 aliphatic carbocycles. The highest BCUT2D eigenvalue weighted by molar-refractivity contribution is 4.88. The van der Waals surface area contributed by atoms with Crippen LogP contribution in [0.5, 0.6) is 0 Å². The van der Waals surface area contributed by atoms with Gasteiger partial charge in [-0.2, -0.15) is 0 Å². The van der Waals surface area contributed by atoms with Crippen molar-refractivity contribution in [3.05, 3.63) is 0 Å². The monoisotopic (exact) mass is 281 g/mol. The lowest BCUT2D eigenvalue weighted by Gasteiger charge is -2.40. The molecule has 1 saturated heterocycles. The van der Waals surface area contributed by atoms with E-state index in [1.54, 1.807) is 0 Å². The van der Waals surface area contributed by atoms with Crippen molar-refractivity contribution in [3.8, 4) is 0 Å². The van der Waals surface area contributed by atoms with Crippen LogP contribution >= 0.6 is 0 Å². The zero-order valence-electron chi connectivity index (χ0n) is 13.9. The Hall–Kier alpha value is -0.0800. The summed E-state index contributed by atoms with van der Waals surface area (Å²) < 4.78 is 5.56. The molecule has 1 heterocycles. The molecule has 0 aromatic rings. The van der Waals surface area contributed by atoms with Gasteiger partial charge in [0.1, 0.15) is 0 Å². The van der Waals surface area contributed by atoms with Gasteiger partial charge in [-0.05, 0) is 75.2 Å². The molecule has 2 aliphatic rings. The molecule has 0 aromatic carbocycles. The van der Waals surface area contributed by atoms with Crippen LogP contribution in [0.3, 0.4) is 0 Å². The van der Waals surface area contributed by atoms with Crippen LogP contribution < -0.4 is 5.32 Å². The van der Waals surface area contributed by atoms with E-state index in [2.05, 4.69) is 26.1 Å². The molecule has 1 aliphatic heterocycles. The predicted octanol–water partition coefficient (Wildman–Crippen LogP) is 4.24. The van der Waals surface area contributed by atoms with Gasteiger partial charge in [0.15, 0.2) is 0 Å². The molecule has 1 N–H and O–H groups in total. The Balaban J connectivity index is 1.89. The molecule has 2 rings (SSSR count). The second kappa shape index (κ2) is 8.38. The maximum atomic E-state index is 5.56. The Bertz CT molecular complexity index is 252. The lowest BCUT2D eigenvalue weighted by molar-refractivity contribution is 0.0371. The molecule has 2 heteroatoms. The van der Waals surface area contributed by atoms with Crippen molar-refractivity contribution in [2.24, 2.45) is 23.7 Å². The van der Waals surface area contributed by atoms with Crippen LogP contribution in [0.25, 0.3) is 0 Å². The summed E-state index contributed by atoms with van der Waals surface area (Å²) in [4.78, 5) is 0. The highest BCUT2D eigenvalue weighted by Crippen LogP contribution is 2.38. The zero-order valence-corrected chi connectivity index (χ0v) is 13.9. The van der Waals surface area contributed by atoms with Crippen LogP contribution in [-0.4, -0.2) is 25.8 Å². The fraction of sp³-hybridized carbons (Fsp3) is 1.00. The molecular formula is C18H35NO. The first-order valence-corrected chi connectivity index (χ1v) is 9.03. The first-order valence-electron chi connectivity index (χ1n) is 9.03. The quantitative estimate of drug-likeness (QED) is 0.786. The summed E-state index contributed by atoms with van der Waals surface area (Å²) in [5, 5.41) is 3.90. The van der Waals surface area contributed by atoms with Gasteiger partial charge in [0.25, 0.3) is 0 Å². The van der Waals surface area contributed by atoms with Gasteiger partial charge in [0.2, 0.25) is 0 Å². The third-order valence-electron chi connectivity index (χ3n) is 5.67. The van der Waals surface area contributed by atoms with Crippen molar-refractivity contribution in [3.63, 3.8) is 0 Å². The third kappa shape index (κ3) is 4.46. The van der Waals surface area contributed by atoms with Crippen molar-refractivity contribution >= 4 is 0 Å². The van der Waals surface area contributed by atoms with E-state index in [0.29, 0.717) is 0 Å². The van der Waals surface area contributed by atoms with Crippen LogP contribution in [0.2, 0.25) is 0 Å². The van der Waals surface area contributed by atoms with Crippen LogP contribution in [0.15, 0.2) is 0 Å². The number of hydrogen-bond donors (Lipinski definition) is 1. The van der Waals surface area contributed by atoms with Crippen molar-refractivity contribution < 1.29 is 4.74 Å². The van der Waals surface area contributed by atoms with Gasteiger partial charge in [-0.3, -0.25) is 0 Å². The lowest BCUT2D eigenvalue weighted by atomic mass is 9.71. The summed E-state index contributed by atoms with van der Waals surface area (Å²) in [5.41, 5.74) is 0. The molecule has 1 unspecified atom stereocenters. The Kier molecular flexibility index (Phi) is 6.83. The molecule has 0 aromatic heterocycles. The first kappa shape index (κ1) is 16.3. The summed E-state index contributed by atoms with van der Waals surface area (Å²) in [6.07, 6.45) is 9.59. The summed E-state index contributed by atoms with van der Waals surface area (Å²) in [7, 11) is 0. The van der Waals surface area contributed by atoms with Crippen LogP contribution in [0.1, 0.15) is 65.7 Å². The molecule has 0 amide bonds. The average molecular weight is 281 g/mol. The Labute approximate surface area is 126 Å². The minimum absolute atomic E-state index is 0.756. The predicted molar refractivity (Wildman–Crippen MR) is 85.9 cm³/mol. The van der Waals surface area contributed by atoms with Crippen LogP contribution in [0, 0.1) is 23.7 Å². The fourth-order valence-electron chi connectivity index (χ4n) is 4.27. The lowest BCUT2D eigenvalue weighted by Crippen LogP contribution is -2.46. The van der Waals surface area contributed by atoms with E-state index in [0.717, 1.165) is 42.9 Å². The smallest absolute Gasteiger partial charge is 0.0469 e. The average Bonchev–Trinajstić information content (AvgIpc) is 2.49. The largest absolute Gasteiger partial charge is 0.381 e. The molecular weight excluding hydrogens is 246 g/mol. The molecule has 118 valence electrons. The SMILES string of the molecule is CCCNC(C1CCOCC1)C1CCC(C(C)C)CC1. The Morgan fingerprint density at radius 3 is 2.00 bits per heavy atom. The van der Waals surface area contributed by atoms with Gasteiger partial charge in [0.05, 0.1) is 0 Å². The summed E-state index contributed by atoms with van der Waals surface area (Å²) in [5.74, 6) is 3.63. The van der Waals surface area contributed by atoms with Crippen molar-refractivity contribution in [2.45, 2.75) is 71.8 Å². The van der Waals surface area contributed by atoms with Gasteiger partial charge in [-0.1, -0.05) is 20.8 Å². The van der Waals surface area contributed by atoms with E-state index in [9.17, 15) is 0 Å². The second-order valence-corrected chi connectivity index (χ2v) is 7.35. The summed E-state index contributed by atoms with van der Waals surface area (Å²) >= 11 is 0. The van der Waals surface area contributed by atoms with E-state index in [1.807, 2.05) is 0 Å². The van der Waals surface area contributed by atoms with Crippen LogP contribution in [0.4, 0.5) is 0 Å². The summed E-state index contributed by atoms with van der Waals surface area (Å²) in [6.45, 7) is 10.2. The maximum absolute atomic E-state index is 5.56. The number of nitrogens with one attached hydrogen (secondary N) is 1. The van der Waals surface area contributed by atoms with Gasteiger partial charge in [-0.15, -0.1) is 0 Å². The van der Waals surface area contributed by atoms with Crippen molar-refractivity contribution in [1.82, 2.24) is 5.32 Å². The highest BCUT2D eigenvalue weighted by Gasteiger charge is 2.33. The van der Waals surface area contributed by atoms with Gasteiger partial charge in [0, 0.05) is 19.3 Å². The molecule has 1 atom stereocenters.